The molecule has 6 rings (SSSR count). The highest BCUT2D eigenvalue weighted by atomic mass is 16.3. The molecular weight excluding hydrogens is 450 g/mol. The van der Waals surface area contributed by atoms with Crippen molar-refractivity contribution in [3.63, 3.8) is 0 Å². The topological polar surface area (TPSA) is 87.9 Å². The van der Waals surface area contributed by atoms with E-state index in [0.717, 1.165) is 63.7 Å². The molecule has 5 saturated carbocycles. The molecule has 6 aliphatic rings. The second-order valence-electron chi connectivity index (χ2n) is 14.3. The van der Waals surface area contributed by atoms with Gasteiger partial charge >= 0.3 is 0 Å². The predicted octanol–water partition coefficient (Wildman–Crippen LogP) is 4.43. The Bertz CT molecular complexity index is 885. The Morgan fingerprint density at radius 1 is 1.03 bits per heavy atom. The van der Waals surface area contributed by atoms with Crippen molar-refractivity contribution in [1.82, 2.24) is 10.0 Å². The highest BCUT2D eigenvalue weighted by Crippen LogP contribution is 2.67. The Balaban J connectivity index is 1.20. The van der Waals surface area contributed by atoms with Crippen LogP contribution in [0.5, 0.6) is 0 Å². The van der Waals surface area contributed by atoms with Crippen molar-refractivity contribution in [1.29, 1.82) is 5.41 Å². The molecule has 0 radical (unpaired) electrons. The van der Waals surface area contributed by atoms with E-state index < -0.39 is 5.60 Å². The molecule has 8 atom stereocenters. The van der Waals surface area contributed by atoms with E-state index in [1.54, 1.807) is 0 Å². The first-order valence-electron chi connectivity index (χ1n) is 15.1. The fourth-order valence-electron chi connectivity index (χ4n) is 10.7. The molecule has 0 amide bonds. The van der Waals surface area contributed by atoms with Gasteiger partial charge in [0.15, 0.2) is 5.78 Å². The third kappa shape index (κ3) is 3.87. The molecule has 2 unspecified atom stereocenters. The van der Waals surface area contributed by atoms with Crippen LogP contribution in [0.2, 0.25) is 0 Å². The van der Waals surface area contributed by atoms with Crippen LogP contribution in [0.25, 0.3) is 0 Å². The van der Waals surface area contributed by atoms with E-state index in [-0.39, 0.29) is 29.3 Å². The van der Waals surface area contributed by atoms with Crippen molar-refractivity contribution in [3.05, 3.63) is 0 Å². The lowest BCUT2D eigenvalue weighted by molar-refractivity contribution is -0.145. The van der Waals surface area contributed by atoms with Crippen molar-refractivity contribution in [2.45, 2.75) is 109 Å². The van der Waals surface area contributed by atoms with Crippen LogP contribution in [-0.4, -0.2) is 69.6 Å². The summed E-state index contributed by atoms with van der Waals surface area (Å²) in [5.41, 5.74) is -0.207. The summed E-state index contributed by atoms with van der Waals surface area (Å²) < 4.78 is 0. The summed E-state index contributed by atoms with van der Waals surface area (Å²) in [4.78, 5) is 13.9. The van der Waals surface area contributed by atoms with Crippen LogP contribution in [0.15, 0.2) is 0 Å². The van der Waals surface area contributed by atoms with Crippen LogP contribution in [0.4, 0.5) is 0 Å². The van der Waals surface area contributed by atoms with Crippen molar-refractivity contribution in [2.75, 3.05) is 26.2 Å². The summed E-state index contributed by atoms with van der Waals surface area (Å²) in [5, 5.41) is 35.8. The van der Waals surface area contributed by atoms with Crippen LogP contribution in [-0.2, 0) is 4.79 Å². The minimum atomic E-state index is -0.644. The number of fused-ring (bicyclic) bond motifs is 5. The number of hydrogen-bond acceptors (Lipinski definition) is 6. The molecule has 5 aliphatic carbocycles. The minimum Gasteiger partial charge on any atom is -0.396 e. The number of hydrogen-bond donors (Lipinski definition) is 3. The van der Waals surface area contributed by atoms with E-state index in [0.29, 0.717) is 42.5 Å². The van der Waals surface area contributed by atoms with Crippen LogP contribution in [0, 0.1) is 45.8 Å². The molecule has 6 heteroatoms. The Morgan fingerprint density at radius 3 is 2.56 bits per heavy atom. The lowest BCUT2D eigenvalue weighted by Gasteiger charge is -2.62. The molecule has 1 saturated heterocycles. The second-order valence-corrected chi connectivity index (χ2v) is 14.3. The average Bonchev–Trinajstić information content (AvgIpc) is 3.57. The van der Waals surface area contributed by atoms with Crippen molar-refractivity contribution < 1.29 is 15.0 Å². The number of Topliss-reactive ketones (excluding diaryl/α,β-unsaturated/α-hetero) is 1. The lowest BCUT2D eigenvalue weighted by Crippen LogP contribution is -2.61. The van der Waals surface area contributed by atoms with Gasteiger partial charge < -0.3 is 15.6 Å². The molecule has 6 nitrogen and oxygen atoms in total. The summed E-state index contributed by atoms with van der Waals surface area (Å²) >= 11 is 0. The number of carbonyl (C=O) groups excluding carboxylic acids is 1. The maximum absolute atomic E-state index is 13.9. The fraction of sp³-hybridized carbons (Fsp3) is 0.933. The van der Waals surface area contributed by atoms with Gasteiger partial charge in [-0.15, -0.1) is 0 Å². The van der Waals surface area contributed by atoms with Gasteiger partial charge in [-0.25, -0.2) is 10.0 Å². The summed E-state index contributed by atoms with van der Waals surface area (Å²) in [6.07, 6.45) is 13.6. The number of nitrogens with zero attached hydrogens (tertiary/aromatic N) is 2. The van der Waals surface area contributed by atoms with E-state index in [2.05, 4.69) is 16.9 Å². The molecule has 3 N–H and O–H groups in total. The first-order chi connectivity index (χ1) is 17.2. The number of aliphatic hydroxyl groups excluding tert-OH is 1. The highest BCUT2D eigenvalue weighted by molar-refractivity contribution is 5.90. The summed E-state index contributed by atoms with van der Waals surface area (Å²) in [6.45, 7) is 7.09. The molecule has 202 valence electrons. The molecule has 1 heterocycles. The largest absolute Gasteiger partial charge is 0.396 e. The van der Waals surface area contributed by atoms with E-state index in [1.807, 2.05) is 6.92 Å². The third-order valence-electron chi connectivity index (χ3n) is 12.3. The fourth-order valence-corrected chi connectivity index (χ4v) is 10.7. The average molecular weight is 500 g/mol. The van der Waals surface area contributed by atoms with Gasteiger partial charge in [0.05, 0.1) is 12.1 Å². The number of hydrazine groups is 1. The normalized spacial score (nSPS) is 48.1. The van der Waals surface area contributed by atoms with Gasteiger partial charge in [-0.2, -0.15) is 0 Å². The summed E-state index contributed by atoms with van der Waals surface area (Å²) in [6, 6.07) is 0.636. The molecule has 0 aromatic rings. The van der Waals surface area contributed by atoms with E-state index in [1.165, 1.54) is 32.1 Å². The third-order valence-corrected chi connectivity index (χ3v) is 12.3. The van der Waals surface area contributed by atoms with Gasteiger partial charge in [0.2, 0.25) is 0 Å². The van der Waals surface area contributed by atoms with E-state index in [9.17, 15) is 20.4 Å². The number of aliphatic hydroxyl groups is 2. The van der Waals surface area contributed by atoms with Crippen LogP contribution >= 0.6 is 0 Å². The summed E-state index contributed by atoms with van der Waals surface area (Å²) in [7, 11) is 0. The molecular formula is C30H49N3O3. The Morgan fingerprint density at radius 2 is 1.81 bits per heavy atom. The van der Waals surface area contributed by atoms with Crippen molar-refractivity contribution in [3.8, 4) is 0 Å². The maximum Gasteiger partial charge on any atom is 0.151 e. The number of ketones is 1. The Kier molecular flexibility index (Phi) is 6.46. The SMILES string of the molecule is C[C@@]1(O)CC[C@@]2(CO)C(CC[C@@H]3C2C(=N)C[C@]2(C)[C@@H](C(=O)CN4CCCN4C4CCCC4)CC[C@@H]32)C1. The van der Waals surface area contributed by atoms with Crippen molar-refractivity contribution in [2.24, 2.45) is 40.4 Å². The van der Waals surface area contributed by atoms with Crippen LogP contribution < -0.4 is 0 Å². The zero-order valence-corrected chi connectivity index (χ0v) is 22.7. The predicted molar refractivity (Wildman–Crippen MR) is 141 cm³/mol. The Hall–Kier alpha value is -0.820. The van der Waals surface area contributed by atoms with Gasteiger partial charge in [-0.05, 0) is 101 Å². The van der Waals surface area contributed by atoms with Gasteiger partial charge in [0.1, 0.15) is 0 Å². The molecule has 36 heavy (non-hydrogen) atoms. The Labute approximate surface area is 217 Å². The zero-order chi connectivity index (χ0) is 25.3. The minimum absolute atomic E-state index is 0.0599. The monoisotopic (exact) mass is 499 g/mol. The second kappa shape index (κ2) is 9.14. The number of nitrogens with one attached hydrogen (secondary N) is 1. The summed E-state index contributed by atoms with van der Waals surface area (Å²) in [5.74, 6) is 1.78. The van der Waals surface area contributed by atoms with Gasteiger partial charge in [0, 0.05) is 48.7 Å². The first-order valence-corrected chi connectivity index (χ1v) is 15.1. The number of carbonyl (C=O) groups is 1. The lowest BCUT2D eigenvalue weighted by atomic mass is 9.43. The van der Waals surface area contributed by atoms with E-state index >= 15 is 0 Å². The number of rotatable bonds is 5. The van der Waals surface area contributed by atoms with Gasteiger partial charge in [-0.1, -0.05) is 19.8 Å². The highest BCUT2D eigenvalue weighted by Gasteiger charge is 2.64. The quantitative estimate of drug-likeness (QED) is 0.521. The zero-order valence-electron chi connectivity index (χ0n) is 22.7. The smallest absolute Gasteiger partial charge is 0.151 e. The molecule has 0 spiro atoms. The molecule has 0 bridgehead atoms. The van der Waals surface area contributed by atoms with Crippen molar-refractivity contribution >= 4 is 11.5 Å². The van der Waals surface area contributed by atoms with Gasteiger partial charge in [0.25, 0.3) is 0 Å². The first kappa shape index (κ1) is 25.5. The van der Waals surface area contributed by atoms with Crippen LogP contribution in [0.1, 0.15) is 97.3 Å². The maximum atomic E-state index is 13.9. The molecule has 1 aliphatic heterocycles. The molecule has 6 fully saturated rings. The van der Waals surface area contributed by atoms with Gasteiger partial charge in [-0.3, -0.25) is 4.79 Å². The standard InChI is InChI=1S/C30H49N3O3/c1-28(36)12-13-30(19-34)20(16-28)8-9-22-23-10-11-24(29(23,2)17-25(31)27(22)30)26(35)18-32-14-5-15-33(32)21-6-3-4-7-21/h20-24,27,31,34,36H,3-19H2,1-2H3/t20?,22-,23-,24+,27?,28+,29-,30+/m0/s1. The van der Waals surface area contributed by atoms with E-state index in [4.69, 9.17) is 0 Å². The van der Waals surface area contributed by atoms with Crippen LogP contribution in [0.3, 0.4) is 0 Å². The molecule has 0 aromatic heterocycles. The molecule has 0 aromatic carbocycles.